The Hall–Kier alpha value is -3.80. The Balaban J connectivity index is 1.66. The lowest BCUT2D eigenvalue weighted by Crippen LogP contribution is -2.30. The van der Waals surface area contributed by atoms with E-state index < -0.39 is 0 Å². The molecule has 0 atom stereocenters. The predicted octanol–water partition coefficient (Wildman–Crippen LogP) is 4.41. The number of hydrogen-bond donors (Lipinski definition) is 2. The van der Waals surface area contributed by atoms with E-state index >= 15 is 0 Å². The van der Waals surface area contributed by atoms with Gasteiger partial charge in [-0.3, -0.25) is 9.59 Å². The van der Waals surface area contributed by atoms with E-state index in [1.807, 2.05) is 49.2 Å². The second-order valence-electron chi connectivity index (χ2n) is 6.70. The first kappa shape index (κ1) is 20.9. The molecular formula is C24H25N3O3. The first-order valence-electron chi connectivity index (χ1n) is 9.76. The van der Waals surface area contributed by atoms with Crippen molar-refractivity contribution in [1.82, 2.24) is 0 Å². The molecule has 0 fully saturated rings. The van der Waals surface area contributed by atoms with E-state index in [0.29, 0.717) is 23.5 Å². The normalized spacial score (nSPS) is 10.2. The van der Waals surface area contributed by atoms with E-state index in [1.165, 1.54) is 0 Å². The van der Waals surface area contributed by atoms with Crippen LogP contribution >= 0.6 is 0 Å². The van der Waals surface area contributed by atoms with Crippen molar-refractivity contribution in [3.8, 4) is 5.75 Å². The lowest BCUT2D eigenvalue weighted by Gasteiger charge is -2.19. The zero-order valence-electron chi connectivity index (χ0n) is 17.1. The van der Waals surface area contributed by atoms with Crippen molar-refractivity contribution in [3.63, 3.8) is 0 Å². The molecule has 30 heavy (non-hydrogen) atoms. The van der Waals surface area contributed by atoms with Gasteiger partial charge in [-0.15, -0.1) is 0 Å². The molecule has 0 heterocycles. The minimum absolute atomic E-state index is 0.166. The molecule has 2 N–H and O–H groups in total. The van der Waals surface area contributed by atoms with Crippen molar-refractivity contribution >= 4 is 28.9 Å². The minimum Gasteiger partial charge on any atom is -0.494 e. The number of rotatable bonds is 8. The number of hydrogen-bond acceptors (Lipinski definition) is 4. The Labute approximate surface area is 176 Å². The molecule has 154 valence electrons. The number of para-hydroxylation sites is 2. The molecule has 0 spiro atoms. The molecule has 0 saturated carbocycles. The fraction of sp³-hybridized carbons (Fsp3) is 0.167. The second kappa shape index (κ2) is 10.1. The number of ether oxygens (including phenoxy) is 1. The Morgan fingerprint density at radius 2 is 1.53 bits per heavy atom. The van der Waals surface area contributed by atoms with Gasteiger partial charge in [0.2, 0.25) is 5.91 Å². The summed E-state index contributed by atoms with van der Waals surface area (Å²) in [5, 5.41) is 5.69. The number of benzene rings is 3. The molecule has 2 amide bonds. The van der Waals surface area contributed by atoms with Gasteiger partial charge in [-0.1, -0.05) is 30.3 Å². The van der Waals surface area contributed by atoms with Gasteiger partial charge in [-0.05, 0) is 55.5 Å². The number of likely N-dealkylation sites (N-methyl/N-ethyl adjacent to an activating group) is 1. The molecule has 0 unspecified atom stereocenters. The smallest absolute Gasteiger partial charge is 0.257 e. The summed E-state index contributed by atoms with van der Waals surface area (Å²) in [5.74, 6) is 0.236. The van der Waals surface area contributed by atoms with Crippen LogP contribution in [-0.4, -0.2) is 32.0 Å². The van der Waals surface area contributed by atoms with Gasteiger partial charge >= 0.3 is 0 Å². The molecule has 3 aromatic rings. The summed E-state index contributed by atoms with van der Waals surface area (Å²) >= 11 is 0. The van der Waals surface area contributed by atoms with Crippen molar-refractivity contribution in [2.45, 2.75) is 6.92 Å². The maximum Gasteiger partial charge on any atom is 0.257 e. The summed E-state index contributed by atoms with van der Waals surface area (Å²) in [7, 11) is 1.85. The Kier molecular flexibility index (Phi) is 7.05. The maximum atomic E-state index is 12.8. The molecular weight excluding hydrogens is 378 g/mol. The zero-order valence-corrected chi connectivity index (χ0v) is 17.1. The SMILES string of the molecule is CCOc1ccc(NC(=O)c2ccccc2NC(=O)CN(C)c2ccccc2)cc1. The molecule has 0 radical (unpaired) electrons. The lowest BCUT2D eigenvalue weighted by molar-refractivity contribution is -0.114. The fourth-order valence-electron chi connectivity index (χ4n) is 2.97. The number of carbonyl (C=O) groups is 2. The van der Waals surface area contributed by atoms with E-state index in [4.69, 9.17) is 4.74 Å². The Morgan fingerprint density at radius 1 is 0.867 bits per heavy atom. The number of anilines is 3. The summed E-state index contributed by atoms with van der Waals surface area (Å²) in [4.78, 5) is 27.1. The molecule has 0 saturated heterocycles. The largest absolute Gasteiger partial charge is 0.494 e. The van der Waals surface area contributed by atoms with E-state index in [0.717, 1.165) is 11.4 Å². The topological polar surface area (TPSA) is 70.7 Å². The molecule has 0 bridgehead atoms. The molecule has 6 nitrogen and oxygen atoms in total. The first-order valence-corrected chi connectivity index (χ1v) is 9.76. The van der Waals surface area contributed by atoms with Crippen LogP contribution in [-0.2, 0) is 4.79 Å². The lowest BCUT2D eigenvalue weighted by atomic mass is 10.1. The highest BCUT2D eigenvalue weighted by molar-refractivity contribution is 6.10. The van der Waals surface area contributed by atoms with Gasteiger partial charge < -0.3 is 20.3 Å². The number of nitrogens with zero attached hydrogens (tertiary/aromatic N) is 1. The van der Waals surface area contributed by atoms with Crippen LogP contribution < -0.4 is 20.3 Å². The van der Waals surface area contributed by atoms with Crippen molar-refractivity contribution in [3.05, 3.63) is 84.4 Å². The van der Waals surface area contributed by atoms with Gasteiger partial charge in [0.05, 0.1) is 24.4 Å². The highest BCUT2D eigenvalue weighted by Crippen LogP contribution is 2.20. The molecule has 0 aliphatic carbocycles. The third kappa shape index (κ3) is 5.61. The monoisotopic (exact) mass is 403 g/mol. The molecule has 0 aliphatic rings. The Bertz CT molecular complexity index is 988. The van der Waals surface area contributed by atoms with Crippen molar-refractivity contribution in [1.29, 1.82) is 0 Å². The van der Waals surface area contributed by atoms with E-state index in [1.54, 1.807) is 48.5 Å². The van der Waals surface area contributed by atoms with Crippen LogP contribution in [0, 0.1) is 0 Å². The number of nitrogens with one attached hydrogen (secondary N) is 2. The van der Waals surface area contributed by atoms with E-state index in [2.05, 4.69) is 10.6 Å². The summed E-state index contributed by atoms with van der Waals surface area (Å²) in [6, 6.07) is 23.7. The minimum atomic E-state index is -0.300. The van der Waals surface area contributed by atoms with Gasteiger partial charge in [0, 0.05) is 18.4 Å². The fourth-order valence-corrected chi connectivity index (χ4v) is 2.97. The van der Waals surface area contributed by atoms with Crippen molar-refractivity contribution < 1.29 is 14.3 Å². The third-order valence-electron chi connectivity index (χ3n) is 4.45. The highest BCUT2D eigenvalue weighted by atomic mass is 16.5. The Morgan fingerprint density at radius 3 is 2.23 bits per heavy atom. The van der Waals surface area contributed by atoms with Crippen LogP contribution in [0.2, 0.25) is 0 Å². The van der Waals surface area contributed by atoms with Gasteiger partial charge in [0.1, 0.15) is 5.75 Å². The highest BCUT2D eigenvalue weighted by Gasteiger charge is 2.14. The summed E-state index contributed by atoms with van der Waals surface area (Å²) in [6.07, 6.45) is 0. The number of carbonyl (C=O) groups excluding carboxylic acids is 2. The van der Waals surface area contributed by atoms with Crippen LogP contribution in [0.25, 0.3) is 0 Å². The average molecular weight is 403 g/mol. The summed E-state index contributed by atoms with van der Waals surface area (Å²) in [6.45, 7) is 2.66. The summed E-state index contributed by atoms with van der Waals surface area (Å²) < 4.78 is 5.41. The standard InChI is InChI=1S/C24H25N3O3/c1-3-30-20-15-13-18(14-16-20)25-24(29)21-11-7-8-12-22(21)26-23(28)17-27(2)19-9-5-4-6-10-19/h4-16H,3,17H2,1-2H3,(H,25,29)(H,26,28). The van der Waals surface area contributed by atoms with Crippen LogP contribution in [0.15, 0.2) is 78.9 Å². The van der Waals surface area contributed by atoms with Crippen LogP contribution in [0.4, 0.5) is 17.1 Å². The van der Waals surface area contributed by atoms with Crippen LogP contribution in [0.1, 0.15) is 17.3 Å². The molecule has 3 rings (SSSR count). The molecule has 3 aromatic carbocycles. The van der Waals surface area contributed by atoms with Crippen LogP contribution in [0.3, 0.4) is 0 Å². The predicted molar refractivity (Wildman–Crippen MR) is 120 cm³/mol. The number of amides is 2. The van der Waals surface area contributed by atoms with Crippen molar-refractivity contribution in [2.75, 3.05) is 35.7 Å². The molecule has 6 heteroatoms. The van der Waals surface area contributed by atoms with Crippen molar-refractivity contribution in [2.24, 2.45) is 0 Å². The van der Waals surface area contributed by atoms with Gasteiger partial charge in [-0.2, -0.15) is 0 Å². The first-order chi connectivity index (χ1) is 14.6. The second-order valence-corrected chi connectivity index (χ2v) is 6.70. The van der Waals surface area contributed by atoms with E-state index in [-0.39, 0.29) is 18.4 Å². The third-order valence-corrected chi connectivity index (χ3v) is 4.45. The zero-order chi connectivity index (χ0) is 21.3. The van der Waals surface area contributed by atoms with Gasteiger partial charge in [-0.25, -0.2) is 0 Å². The van der Waals surface area contributed by atoms with Gasteiger partial charge in [0.15, 0.2) is 0 Å². The van der Waals surface area contributed by atoms with Crippen LogP contribution in [0.5, 0.6) is 5.75 Å². The quantitative estimate of drug-likeness (QED) is 0.584. The summed E-state index contributed by atoms with van der Waals surface area (Å²) in [5.41, 5.74) is 2.44. The maximum absolute atomic E-state index is 12.8. The van der Waals surface area contributed by atoms with E-state index in [9.17, 15) is 9.59 Å². The molecule has 0 aromatic heterocycles. The van der Waals surface area contributed by atoms with Gasteiger partial charge in [0.25, 0.3) is 5.91 Å². The average Bonchev–Trinajstić information content (AvgIpc) is 2.76. The molecule has 0 aliphatic heterocycles.